The first kappa shape index (κ1) is 19.8. The van der Waals surface area contributed by atoms with Crippen LogP contribution in [0.15, 0.2) is 58.0 Å². The van der Waals surface area contributed by atoms with Gasteiger partial charge in [-0.25, -0.2) is 0 Å². The summed E-state index contributed by atoms with van der Waals surface area (Å²) in [6.07, 6.45) is 1.38. The Bertz CT molecular complexity index is 963. The minimum Gasteiger partial charge on any atom is -0.326 e. The molecule has 7 heteroatoms. The number of carbonyl (C=O) groups excluding carboxylic acids is 2. The lowest BCUT2D eigenvalue weighted by Gasteiger charge is -2.36. The number of piperidine rings is 1. The summed E-state index contributed by atoms with van der Waals surface area (Å²) in [6, 6.07) is 15.4. The Morgan fingerprint density at radius 2 is 1.93 bits per heavy atom. The van der Waals surface area contributed by atoms with Gasteiger partial charge in [-0.2, -0.15) is 0 Å². The molecule has 2 aromatic carbocycles. The zero-order valence-electron chi connectivity index (χ0n) is 16.2. The number of aryl methyl sites for hydroxylation is 1. The predicted molar refractivity (Wildman–Crippen MR) is 117 cm³/mol. The van der Waals surface area contributed by atoms with Crippen LogP contribution in [-0.4, -0.2) is 47.7 Å². The van der Waals surface area contributed by atoms with E-state index in [9.17, 15) is 9.59 Å². The number of hydrogen-bond acceptors (Lipinski definition) is 4. The fraction of sp³-hybridized carbons (Fsp3) is 0.318. The molecule has 0 aliphatic carbocycles. The Morgan fingerprint density at radius 1 is 1.21 bits per heavy atom. The zero-order chi connectivity index (χ0) is 20.4. The maximum atomic E-state index is 12.5. The number of nitrogens with one attached hydrogen (secondary N) is 2. The van der Waals surface area contributed by atoms with Crippen LogP contribution in [0.2, 0.25) is 0 Å². The van der Waals surface area contributed by atoms with E-state index in [2.05, 4.69) is 31.5 Å². The van der Waals surface area contributed by atoms with Gasteiger partial charge in [-0.15, -0.1) is 0 Å². The van der Waals surface area contributed by atoms with Crippen molar-refractivity contribution in [1.82, 2.24) is 10.2 Å². The Balaban J connectivity index is 1.36. The van der Waals surface area contributed by atoms with Gasteiger partial charge in [0.25, 0.3) is 5.91 Å². The SMILES string of the molecule is Cc1cccc(NC(=O)CN2CCC3(CC2)N=C(c2ccc(Br)cc2)C(=O)N3)c1. The summed E-state index contributed by atoms with van der Waals surface area (Å²) in [5, 5.41) is 6.02. The molecule has 2 N–H and O–H groups in total. The summed E-state index contributed by atoms with van der Waals surface area (Å²) in [5.41, 5.74) is 2.68. The molecule has 0 unspecified atom stereocenters. The van der Waals surface area contributed by atoms with Crippen molar-refractivity contribution in [1.29, 1.82) is 0 Å². The minimum absolute atomic E-state index is 0.0268. The highest BCUT2D eigenvalue weighted by atomic mass is 79.9. The van der Waals surface area contributed by atoms with E-state index < -0.39 is 5.66 Å². The van der Waals surface area contributed by atoms with Crippen molar-refractivity contribution >= 4 is 39.1 Å². The van der Waals surface area contributed by atoms with Crippen molar-refractivity contribution in [2.24, 2.45) is 4.99 Å². The van der Waals surface area contributed by atoms with E-state index in [0.29, 0.717) is 38.2 Å². The molecule has 2 aliphatic heterocycles. The third-order valence-corrected chi connectivity index (χ3v) is 5.89. The summed E-state index contributed by atoms with van der Waals surface area (Å²) >= 11 is 3.41. The lowest BCUT2D eigenvalue weighted by Crippen LogP contribution is -2.52. The molecule has 0 aromatic heterocycles. The number of rotatable bonds is 4. The standard InChI is InChI=1S/C22H23BrN4O2/c1-15-3-2-4-18(13-15)24-19(28)14-27-11-9-22(10-12-27)25-20(21(29)26-22)16-5-7-17(23)8-6-16/h2-8,13H,9-12,14H2,1H3,(H,24,28)(H,26,29). The molecule has 2 amide bonds. The number of nitrogens with zero attached hydrogens (tertiary/aromatic N) is 2. The first-order valence-electron chi connectivity index (χ1n) is 9.70. The third-order valence-electron chi connectivity index (χ3n) is 5.36. The number of amides is 2. The smallest absolute Gasteiger partial charge is 0.272 e. The average molecular weight is 455 g/mol. The summed E-state index contributed by atoms with van der Waals surface area (Å²) in [7, 11) is 0. The number of carbonyl (C=O) groups is 2. The number of hydrogen-bond donors (Lipinski definition) is 2. The van der Waals surface area contributed by atoms with Crippen LogP contribution in [0.3, 0.4) is 0 Å². The van der Waals surface area contributed by atoms with Gasteiger partial charge in [-0.05, 0) is 36.8 Å². The van der Waals surface area contributed by atoms with Gasteiger partial charge in [0.1, 0.15) is 11.4 Å². The molecule has 0 saturated carbocycles. The lowest BCUT2D eigenvalue weighted by atomic mass is 9.98. The Morgan fingerprint density at radius 3 is 2.62 bits per heavy atom. The average Bonchev–Trinajstić information content (AvgIpc) is 3.00. The van der Waals surface area contributed by atoms with Crippen LogP contribution < -0.4 is 10.6 Å². The van der Waals surface area contributed by atoms with Crippen molar-refractivity contribution in [2.45, 2.75) is 25.4 Å². The van der Waals surface area contributed by atoms with E-state index in [1.165, 1.54) is 0 Å². The van der Waals surface area contributed by atoms with Gasteiger partial charge in [-0.1, -0.05) is 40.2 Å². The molecule has 29 heavy (non-hydrogen) atoms. The van der Waals surface area contributed by atoms with Crippen LogP contribution in [0.25, 0.3) is 0 Å². The predicted octanol–water partition coefficient (Wildman–Crippen LogP) is 3.11. The van der Waals surface area contributed by atoms with Gasteiger partial charge in [0.15, 0.2) is 0 Å². The topological polar surface area (TPSA) is 73.8 Å². The molecular weight excluding hydrogens is 432 g/mol. The van der Waals surface area contributed by atoms with Crippen LogP contribution in [0, 0.1) is 6.92 Å². The second-order valence-electron chi connectivity index (χ2n) is 7.65. The quantitative estimate of drug-likeness (QED) is 0.744. The second-order valence-corrected chi connectivity index (χ2v) is 8.56. The molecule has 1 saturated heterocycles. The van der Waals surface area contributed by atoms with Crippen molar-refractivity contribution in [3.05, 3.63) is 64.1 Å². The fourth-order valence-electron chi connectivity index (χ4n) is 3.81. The van der Waals surface area contributed by atoms with Crippen LogP contribution in [0.1, 0.15) is 24.0 Å². The highest BCUT2D eigenvalue weighted by Gasteiger charge is 2.42. The molecule has 0 radical (unpaired) electrons. The third kappa shape index (κ3) is 4.57. The Hall–Kier alpha value is -2.51. The maximum absolute atomic E-state index is 12.5. The fourth-order valence-corrected chi connectivity index (χ4v) is 4.08. The van der Waals surface area contributed by atoms with Gasteiger partial charge in [0.05, 0.1) is 6.54 Å². The largest absolute Gasteiger partial charge is 0.326 e. The van der Waals surface area contributed by atoms with Gasteiger partial charge < -0.3 is 10.6 Å². The van der Waals surface area contributed by atoms with Crippen molar-refractivity contribution in [3.8, 4) is 0 Å². The van der Waals surface area contributed by atoms with E-state index in [1.807, 2.05) is 55.5 Å². The summed E-state index contributed by atoms with van der Waals surface area (Å²) < 4.78 is 0.965. The van der Waals surface area contributed by atoms with E-state index >= 15 is 0 Å². The molecule has 2 aliphatic rings. The van der Waals surface area contributed by atoms with Crippen LogP contribution in [-0.2, 0) is 9.59 Å². The second kappa shape index (κ2) is 8.08. The number of aliphatic imine (C=N–C) groups is 1. The van der Waals surface area contributed by atoms with E-state index in [0.717, 1.165) is 21.3 Å². The van der Waals surface area contributed by atoms with Gasteiger partial charge >= 0.3 is 0 Å². The molecule has 1 spiro atoms. The minimum atomic E-state index is -0.553. The molecule has 1 fully saturated rings. The lowest BCUT2D eigenvalue weighted by molar-refractivity contribution is -0.119. The van der Waals surface area contributed by atoms with Crippen molar-refractivity contribution in [3.63, 3.8) is 0 Å². The molecule has 4 rings (SSSR count). The summed E-state index contributed by atoms with van der Waals surface area (Å²) in [6.45, 7) is 3.75. The van der Waals surface area contributed by atoms with E-state index in [-0.39, 0.29) is 11.8 Å². The molecule has 0 bridgehead atoms. The maximum Gasteiger partial charge on any atom is 0.272 e. The van der Waals surface area contributed by atoms with Gasteiger partial charge in [-0.3, -0.25) is 19.5 Å². The molecular formula is C22H23BrN4O2. The monoisotopic (exact) mass is 454 g/mol. The molecule has 6 nitrogen and oxygen atoms in total. The Labute approximate surface area is 178 Å². The summed E-state index contributed by atoms with van der Waals surface area (Å²) in [5.74, 6) is -0.154. The van der Waals surface area contributed by atoms with Gasteiger partial charge in [0.2, 0.25) is 5.91 Å². The first-order valence-corrected chi connectivity index (χ1v) is 10.5. The highest BCUT2D eigenvalue weighted by Crippen LogP contribution is 2.29. The number of anilines is 1. The number of benzene rings is 2. The Kier molecular flexibility index (Phi) is 5.52. The van der Waals surface area contributed by atoms with Crippen molar-refractivity contribution in [2.75, 3.05) is 25.0 Å². The van der Waals surface area contributed by atoms with E-state index in [4.69, 9.17) is 4.99 Å². The zero-order valence-corrected chi connectivity index (χ0v) is 17.8. The summed E-state index contributed by atoms with van der Waals surface area (Å²) in [4.78, 5) is 31.7. The van der Waals surface area contributed by atoms with Gasteiger partial charge in [0, 0.05) is 41.7 Å². The van der Waals surface area contributed by atoms with Crippen LogP contribution in [0.4, 0.5) is 5.69 Å². The van der Waals surface area contributed by atoms with Crippen LogP contribution >= 0.6 is 15.9 Å². The molecule has 150 valence electrons. The van der Waals surface area contributed by atoms with Crippen molar-refractivity contribution < 1.29 is 9.59 Å². The normalized spacial score (nSPS) is 18.4. The first-order chi connectivity index (χ1) is 13.9. The van der Waals surface area contributed by atoms with E-state index in [1.54, 1.807) is 0 Å². The van der Waals surface area contributed by atoms with Crippen LogP contribution in [0.5, 0.6) is 0 Å². The number of likely N-dealkylation sites (tertiary alicyclic amines) is 1. The molecule has 0 atom stereocenters. The molecule has 2 heterocycles. The number of halogens is 1. The highest BCUT2D eigenvalue weighted by molar-refractivity contribution is 9.10. The molecule has 2 aromatic rings.